The van der Waals surface area contributed by atoms with Crippen LogP contribution in [0.3, 0.4) is 0 Å². The van der Waals surface area contributed by atoms with Crippen LogP contribution >= 0.6 is 11.3 Å². The van der Waals surface area contributed by atoms with Gasteiger partial charge in [-0.2, -0.15) is 4.52 Å². The zero-order chi connectivity index (χ0) is 19.1. The molecule has 1 saturated heterocycles. The first-order valence-electron chi connectivity index (χ1n) is 8.92. The Kier molecular flexibility index (Phi) is 4.83. The Morgan fingerprint density at radius 3 is 2.56 bits per heavy atom. The molecule has 0 bridgehead atoms. The lowest BCUT2D eigenvalue weighted by atomic mass is 10.0. The molecule has 6 nitrogen and oxygen atoms in total. The number of thiazole rings is 1. The molecule has 1 N–H and O–H groups in total. The Morgan fingerprint density at radius 2 is 1.93 bits per heavy atom. The maximum atomic E-state index is 13.9. The summed E-state index contributed by atoms with van der Waals surface area (Å²) in [5.74, 6) is -1.10. The first-order chi connectivity index (χ1) is 13.0. The summed E-state index contributed by atoms with van der Waals surface area (Å²) in [4.78, 5) is 10.1. The summed E-state index contributed by atoms with van der Waals surface area (Å²) in [6.45, 7) is 5.19. The molecule has 2 aromatic heterocycles. The Hall–Kier alpha value is -2.10. The average Bonchev–Trinajstić information content (AvgIpc) is 3.19. The van der Waals surface area contributed by atoms with E-state index in [1.165, 1.54) is 21.9 Å². The monoisotopic (exact) mass is 393 g/mol. The molecule has 0 amide bonds. The predicted molar refractivity (Wildman–Crippen MR) is 99.2 cm³/mol. The number of aryl methyl sites for hydroxylation is 1. The number of aromatic nitrogens is 3. The highest BCUT2D eigenvalue weighted by atomic mass is 32.1. The molecule has 1 aliphatic rings. The third-order valence-corrected chi connectivity index (χ3v) is 6.04. The second-order valence-corrected chi connectivity index (χ2v) is 7.79. The highest BCUT2D eigenvalue weighted by Crippen LogP contribution is 2.40. The van der Waals surface area contributed by atoms with E-state index in [0.29, 0.717) is 27.6 Å². The van der Waals surface area contributed by atoms with E-state index in [-0.39, 0.29) is 11.9 Å². The van der Waals surface area contributed by atoms with Crippen molar-refractivity contribution in [2.75, 3.05) is 33.2 Å². The highest BCUT2D eigenvalue weighted by molar-refractivity contribution is 7.17. The number of benzene rings is 1. The lowest BCUT2D eigenvalue weighted by molar-refractivity contribution is 0.127. The van der Waals surface area contributed by atoms with Crippen LogP contribution in [0.25, 0.3) is 4.96 Å². The van der Waals surface area contributed by atoms with Gasteiger partial charge >= 0.3 is 0 Å². The fourth-order valence-electron chi connectivity index (χ4n) is 3.41. The number of hydrogen-bond acceptors (Lipinski definition) is 6. The van der Waals surface area contributed by atoms with Crippen molar-refractivity contribution >= 4 is 16.3 Å². The quantitative estimate of drug-likeness (QED) is 0.739. The SMILES string of the molecule is CCc1nc2sc(C(c3ccc(F)c(F)c3)N3CCN(C)CC3)c(O)n2n1. The van der Waals surface area contributed by atoms with E-state index in [1.807, 2.05) is 6.92 Å². The van der Waals surface area contributed by atoms with Gasteiger partial charge in [-0.15, -0.1) is 5.10 Å². The van der Waals surface area contributed by atoms with Gasteiger partial charge in [-0.1, -0.05) is 24.3 Å². The van der Waals surface area contributed by atoms with Gasteiger partial charge in [0, 0.05) is 32.6 Å². The van der Waals surface area contributed by atoms with Crippen molar-refractivity contribution in [2.24, 2.45) is 0 Å². The molecular formula is C18H21F2N5OS. The van der Waals surface area contributed by atoms with Crippen molar-refractivity contribution in [2.45, 2.75) is 19.4 Å². The standard InChI is InChI=1S/C18H21F2N5OS/c1-3-14-21-18-25(22-14)17(26)16(27-18)15(24-8-6-23(2)7-9-24)11-4-5-12(19)13(20)10-11/h4-5,10,15,26H,3,6-9H2,1-2H3. The van der Waals surface area contributed by atoms with Gasteiger partial charge in [-0.05, 0) is 24.7 Å². The molecule has 9 heteroatoms. The summed E-state index contributed by atoms with van der Waals surface area (Å²) in [5, 5.41) is 15.1. The van der Waals surface area contributed by atoms with E-state index in [0.717, 1.165) is 32.2 Å². The molecule has 0 saturated carbocycles. The minimum Gasteiger partial charge on any atom is -0.492 e. The van der Waals surface area contributed by atoms with E-state index in [9.17, 15) is 13.9 Å². The van der Waals surface area contributed by atoms with Crippen LogP contribution in [0.5, 0.6) is 5.88 Å². The van der Waals surface area contributed by atoms with E-state index in [4.69, 9.17) is 0 Å². The van der Waals surface area contributed by atoms with Gasteiger partial charge < -0.3 is 10.0 Å². The van der Waals surface area contributed by atoms with E-state index >= 15 is 0 Å². The van der Waals surface area contributed by atoms with Gasteiger partial charge in [0.2, 0.25) is 10.8 Å². The molecule has 1 aliphatic heterocycles. The molecule has 4 rings (SSSR count). The largest absolute Gasteiger partial charge is 0.492 e. The van der Waals surface area contributed by atoms with E-state index in [2.05, 4.69) is 26.9 Å². The summed E-state index contributed by atoms with van der Waals surface area (Å²) < 4.78 is 28.8. The third-order valence-electron chi connectivity index (χ3n) is 4.97. The molecule has 27 heavy (non-hydrogen) atoms. The van der Waals surface area contributed by atoms with Gasteiger partial charge in [0.15, 0.2) is 17.5 Å². The zero-order valence-electron chi connectivity index (χ0n) is 15.2. The maximum absolute atomic E-state index is 13.9. The molecular weight excluding hydrogens is 372 g/mol. The minimum atomic E-state index is -0.890. The number of rotatable bonds is 4. The van der Waals surface area contributed by atoms with Gasteiger partial charge in [0.1, 0.15) is 0 Å². The van der Waals surface area contributed by atoms with Crippen LogP contribution in [0, 0.1) is 11.6 Å². The molecule has 1 atom stereocenters. The number of aromatic hydroxyl groups is 1. The Labute approximate surface area is 159 Å². The molecule has 0 radical (unpaired) electrons. The van der Waals surface area contributed by atoms with Gasteiger partial charge in [0.05, 0.1) is 10.9 Å². The first-order valence-corrected chi connectivity index (χ1v) is 9.74. The maximum Gasteiger partial charge on any atom is 0.230 e. The van der Waals surface area contributed by atoms with Crippen molar-refractivity contribution in [1.82, 2.24) is 24.4 Å². The summed E-state index contributed by atoms with van der Waals surface area (Å²) in [6.07, 6.45) is 0.675. The Balaban J connectivity index is 1.80. The fourth-order valence-corrected chi connectivity index (χ4v) is 4.55. The number of hydrogen-bond donors (Lipinski definition) is 1. The lowest BCUT2D eigenvalue weighted by Gasteiger charge is -2.37. The van der Waals surface area contributed by atoms with Crippen molar-refractivity contribution in [3.63, 3.8) is 0 Å². The highest BCUT2D eigenvalue weighted by Gasteiger charge is 2.31. The molecule has 0 spiro atoms. The third kappa shape index (κ3) is 3.30. The summed E-state index contributed by atoms with van der Waals surface area (Å²) in [5.41, 5.74) is 0.606. The van der Waals surface area contributed by atoms with Crippen molar-refractivity contribution in [3.05, 3.63) is 46.1 Å². The van der Waals surface area contributed by atoms with Crippen molar-refractivity contribution < 1.29 is 13.9 Å². The Bertz CT molecular complexity index is 964. The molecule has 1 fully saturated rings. The average molecular weight is 393 g/mol. The molecule has 3 heterocycles. The number of likely N-dealkylation sites (N-methyl/N-ethyl adjacent to an activating group) is 1. The molecule has 1 unspecified atom stereocenters. The number of nitrogens with zero attached hydrogens (tertiary/aromatic N) is 5. The second kappa shape index (κ2) is 7.14. The van der Waals surface area contributed by atoms with Gasteiger partial charge in [-0.3, -0.25) is 4.90 Å². The van der Waals surface area contributed by atoms with Crippen LogP contribution in [0.1, 0.15) is 29.2 Å². The van der Waals surface area contributed by atoms with E-state index in [1.54, 1.807) is 6.07 Å². The van der Waals surface area contributed by atoms with Crippen LogP contribution in [-0.4, -0.2) is 62.7 Å². The summed E-state index contributed by atoms with van der Waals surface area (Å²) >= 11 is 1.34. The molecule has 0 aliphatic carbocycles. The van der Waals surface area contributed by atoms with Crippen molar-refractivity contribution in [3.8, 4) is 5.88 Å². The Morgan fingerprint density at radius 1 is 1.19 bits per heavy atom. The second-order valence-electron chi connectivity index (χ2n) is 6.78. The van der Waals surface area contributed by atoms with Gasteiger partial charge in [-0.25, -0.2) is 13.8 Å². The normalized spacial score (nSPS) is 17.6. The number of halogens is 2. The summed E-state index contributed by atoms with van der Waals surface area (Å²) in [6, 6.07) is 3.54. The van der Waals surface area contributed by atoms with Crippen LogP contribution in [0.2, 0.25) is 0 Å². The van der Waals surface area contributed by atoms with Crippen molar-refractivity contribution in [1.29, 1.82) is 0 Å². The van der Waals surface area contributed by atoms with Crippen LogP contribution < -0.4 is 0 Å². The van der Waals surface area contributed by atoms with Crippen LogP contribution in [-0.2, 0) is 6.42 Å². The van der Waals surface area contributed by atoms with Crippen LogP contribution in [0.15, 0.2) is 18.2 Å². The zero-order valence-corrected chi connectivity index (χ0v) is 16.0. The van der Waals surface area contributed by atoms with E-state index < -0.39 is 11.6 Å². The molecule has 144 valence electrons. The van der Waals surface area contributed by atoms with Crippen LogP contribution in [0.4, 0.5) is 8.78 Å². The fraction of sp³-hybridized carbons (Fsp3) is 0.444. The summed E-state index contributed by atoms with van der Waals surface area (Å²) in [7, 11) is 2.05. The molecule has 3 aromatic rings. The number of piperazine rings is 1. The first kappa shape index (κ1) is 18.3. The predicted octanol–water partition coefficient (Wildman–Crippen LogP) is 2.67. The lowest BCUT2D eigenvalue weighted by Crippen LogP contribution is -2.46. The van der Waals surface area contributed by atoms with Gasteiger partial charge in [0.25, 0.3) is 0 Å². The minimum absolute atomic E-state index is 0.0101. The number of fused-ring (bicyclic) bond motifs is 1. The smallest absolute Gasteiger partial charge is 0.230 e. The topological polar surface area (TPSA) is 56.9 Å². The molecule has 1 aromatic carbocycles.